The molecule has 0 aromatic carbocycles. The molecule has 1 N–H and O–H groups in total. The number of nitrogens with zero attached hydrogens (tertiary/aromatic N) is 2. The van der Waals surface area contributed by atoms with Crippen LogP contribution in [0.25, 0.3) is 0 Å². The van der Waals surface area contributed by atoms with Gasteiger partial charge in [0.1, 0.15) is 5.82 Å². The molecule has 0 aliphatic heterocycles. The van der Waals surface area contributed by atoms with Crippen LogP contribution in [0.15, 0.2) is 12.3 Å². The average molecular weight is 204 g/mol. The van der Waals surface area contributed by atoms with E-state index in [1.54, 1.807) is 0 Å². The van der Waals surface area contributed by atoms with Crippen LogP contribution in [0.2, 0.25) is 0 Å². The zero-order valence-electron chi connectivity index (χ0n) is 8.82. The third-order valence-corrected chi connectivity index (χ3v) is 3.83. The van der Waals surface area contributed by atoms with Crippen molar-refractivity contribution < 1.29 is 5.11 Å². The van der Waals surface area contributed by atoms with E-state index in [0.717, 1.165) is 18.7 Å². The van der Waals surface area contributed by atoms with Gasteiger partial charge in [-0.25, -0.2) is 9.97 Å². The van der Waals surface area contributed by atoms with E-state index < -0.39 is 0 Å². The molecule has 1 heterocycles. The molecule has 2 aliphatic carbocycles. The summed E-state index contributed by atoms with van der Waals surface area (Å²) in [6.45, 7) is 0.196. The van der Waals surface area contributed by atoms with Gasteiger partial charge in [0.2, 0.25) is 0 Å². The van der Waals surface area contributed by atoms with Crippen LogP contribution < -0.4 is 0 Å². The molecule has 0 saturated heterocycles. The second kappa shape index (κ2) is 3.27. The molecule has 1 aromatic rings. The van der Waals surface area contributed by atoms with Gasteiger partial charge in [0.25, 0.3) is 0 Å². The fourth-order valence-electron chi connectivity index (χ4n) is 2.16. The first-order chi connectivity index (χ1) is 7.34. The van der Waals surface area contributed by atoms with Gasteiger partial charge in [-0.1, -0.05) is 6.42 Å². The summed E-state index contributed by atoms with van der Waals surface area (Å²) in [7, 11) is 0. The van der Waals surface area contributed by atoms with Crippen LogP contribution in [0.1, 0.15) is 49.5 Å². The normalized spacial score (nSPS) is 23.5. The van der Waals surface area contributed by atoms with E-state index in [0.29, 0.717) is 5.92 Å². The Morgan fingerprint density at radius 2 is 2.20 bits per heavy atom. The van der Waals surface area contributed by atoms with Crippen molar-refractivity contribution >= 4 is 0 Å². The van der Waals surface area contributed by atoms with Crippen molar-refractivity contribution in [3.05, 3.63) is 23.8 Å². The lowest BCUT2D eigenvalue weighted by atomic mass is 9.83. The number of aliphatic hydroxyl groups excluding tert-OH is 1. The van der Waals surface area contributed by atoms with Gasteiger partial charge in [0.05, 0.1) is 12.0 Å². The lowest BCUT2D eigenvalue weighted by Crippen LogP contribution is -2.19. The molecule has 0 spiro atoms. The van der Waals surface area contributed by atoms with Gasteiger partial charge < -0.3 is 5.11 Å². The van der Waals surface area contributed by atoms with Crippen LogP contribution >= 0.6 is 0 Å². The summed E-state index contributed by atoms with van der Waals surface area (Å²) in [6, 6.07) is 2.03. The SMILES string of the molecule is OCC1(c2nccc(C3CCC3)n2)CC1. The molecule has 1 aromatic heterocycles. The highest BCUT2D eigenvalue weighted by molar-refractivity contribution is 5.21. The summed E-state index contributed by atoms with van der Waals surface area (Å²) in [5.41, 5.74) is 1.10. The Morgan fingerprint density at radius 1 is 1.40 bits per heavy atom. The quantitative estimate of drug-likeness (QED) is 0.816. The smallest absolute Gasteiger partial charge is 0.136 e. The first kappa shape index (κ1) is 9.28. The molecular weight excluding hydrogens is 188 g/mol. The highest BCUT2D eigenvalue weighted by atomic mass is 16.3. The minimum absolute atomic E-state index is 0.0836. The van der Waals surface area contributed by atoms with Crippen LogP contribution in [-0.2, 0) is 5.41 Å². The Hall–Kier alpha value is -0.960. The molecule has 3 nitrogen and oxygen atoms in total. The highest BCUT2D eigenvalue weighted by Gasteiger charge is 2.46. The van der Waals surface area contributed by atoms with E-state index >= 15 is 0 Å². The Kier molecular flexibility index (Phi) is 2.02. The van der Waals surface area contributed by atoms with E-state index in [2.05, 4.69) is 9.97 Å². The first-order valence-electron chi connectivity index (χ1n) is 5.78. The number of aliphatic hydroxyl groups is 1. The van der Waals surface area contributed by atoms with Gasteiger partial charge in [-0.05, 0) is 31.7 Å². The Morgan fingerprint density at radius 3 is 2.73 bits per heavy atom. The summed E-state index contributed by atoms with van der Waals surface area (Å²) in [5.74, 6) is 1.52. The second-order valence-corrected chi connectivity index (χ2v) is 4.87. The maximum atomic E-state index is 9.33. The van der Waals surface area contributed by atoms with E-state index in [4.69, 9.17) is 0 Å². The fourth-order valence-corrected chi connectivity index (χ4v) is 2.16. The van der Waals surface area contributed by atoms with Crippen molar-refractivity contribution in [3.63, 3.8) is 0 Å². The van der Waals surface area contributed by atoms with Crippen LogP contribution in [0.4, 0.5) is 0 Å². The Bertz CT molecular complexity index is 370. The van der Waals surface area contributed by atoms with Gasteiger partial charge in [-0.2, -0.15) is 0 Å². The van der Waals surface area contributed by atoms with E-state index in [-0.39, 0.29) is 12.0 Å². The summed E-state index contributed by atoms with van der Waals surface area (Å²) in [6.07, 6.45) is 7.79. The second-order valence-electron chi connectivity index (χ2n) is 4.87. The Labute approximate surface area is 89.6 Å². The Balaban J connectivity index is 1.89. The van der Waals surface area contributed by atoms with E-state index in [1.165, 1.54) is 25.0 Å². The molecule has 0 atom stereocenters. The predicted molar refractivity (Wildman–Crippen MR) is 56.6 cm³/mol. The van der Waals surface area contributed by atoms with E-state index in [9.17, 15) is 5.11 Å². The lowest BCUT2D eigenvalue weighted by Gasteiger charge is -2.25. The summed E-state index contributed by atoms with van der Waals surface area (Å²) in [4.78, 5) is 8.94. The highest BCUT2D eigenvalue weighted by Crippen LogP contribution is 2.46. The van der Waals surface area contributed by atoms with E-state index in [1.807, 2.05) is 12.3 Å². The molecule has 2 saturated carbocycles. The van der Waals surface area contributed by atoms with Crippen LogP contribution in [0.3, 0.4) is 0 Å². The van der Waals surface area contributed by atoms with Gasteiger partial charge in [0.15, 0.2) is 0 Å². The van der Waals surface area contributed by atoms with Gasteiger partial charge in [-0.15, -0.1) is 0 Å². The topological polar surface area (TPSA) is 46.0 Å². The summed E-state index contributed by atoms with van der Waals surface area (Å²) >= 11 is 0. The maximum Gasteiger partial charge on any atom is 0.136 e. The molecule has 2 fully saturated rings. The van der Waals surface area contributed by atoms with Crippen molar-refractivity contribution in [2.45, 2.75) is 43.4 Å². The lowest BCUT2D eigenvalue weighted by molar-refractivity contribution is 0.249. The molecule has 0 radical (unpaired) electrons. The van der Waals surface area contributed by atoms with Crippen LogP contribution in [0.5, 0.6) is 0 Å². The molecule has 0 amide bonds. The maximum absolute atomic E-state index is 9.33. The molecule has 80 valence electrons. The van der Waals surface area contributed by atoms with Gasteiger partial charge >= 0.3 is 0 Å². The molecule has 3 rings (SSSR count). The number of rotatable bonds is 3. The van der Waals surface area contributed by atoms with Crippen LogP contribution in [0, 0.1) is 0 Å². The van der Waals surface area contributed by atoms with Crippen molar-refractivity contribution in [2.24, 2.45) is 0 Å². The van der Waals surface area contributed by atoms with Crippen LogP contribution in [-0.4, -0.2) is 21.7 Å². The zero-order chi connectivity index (χ0) is 10.3. The molecule has 0 bridgehead atoms. The molecule has 2 aliphatic rings. The third kappa shape index (κ3) is 1.46. The number of hydrogen-bond donors (Lipinski definition) is 1. The monoisotopic (exact) mass is 204 g/mol. The average Bonchev–Trinajstić information content (AvgIpc) is 2.96. The molecule has 15 heavy (non-hydrogen) atoms. The van der Waals surface area contributed by atoms with Crippen molar-refractivity contribution in [1.29, 1.82) is 0 Å². The zero-order valence-corrected chi connectivity index (χ0v) is 8.82. The summed E-state index contributed by atoms with van der Waals surface area (Å²) < 4.78 is 0. The molecule has 0 unspecified atom stereocenters. The van der Waals surface area contributed by atoms with Crippen molar-refractivity contribution in [2.75, 3.05) is 6.61 Å². The molecular formula is C12H16N2O. The molecule has 3 heteroatoms. The minimum Gasteiger partial charge on any atom is -0.395 e. The minimum atomic E-state index is -0.0836. The number of hydrogen-bond acceptors (Lipinski definition) is 3. The van der Waals surface area contributed by atoms with Crippen molar-refractivity contribution in [3.8, 4) is 0 Å². The van der Waals surface area contributed by atoms with Crippen molar-refractivity contribution in [1.82, 2.24) is 9.97 Å². The standard InChI is InChI=1S/C12H16N2O/c15-8-12(5-6-12)11-13-7-4-10(14-11)9-2-1-3-9/h4,7,9,15H,1-3,5-6,8H2. The predicted octanol–water partition coefficient (Wildman–Crippen LogP) is 1.77. The first-order valence-corrected chi connectivity index (χ1v) is 5.78. The fraction of sp³-hybridized carbons (Fsp3) is 0.667. The van der Waals surface area contributed by atoms with Gasteiger partial charge in [0, 0.05) is 17.8 Å². The third-order valence-electron chi connectivity index (χ3n) is 3.83. The summed E-state index contributed by atoms with van der Waals surface area (Å²) in [5, 5.41) is 9.33. The van der Waals surface area contributed by atoms with Gasteiger partial charge in [-0.3, -0.25) is 0 Å². The number of aromatic nitrogens is 2. The largest absolute Gasteiger partial charge is 0.395 e.